The molecule has 2 aliphatic rings. The van der Waals surface area contributed by atoms with Crippen molar-refractivity contribution in [3.05, 3.63) is 58.1 Å². The number of anilines is 1. The van der Waals surface area contributed by atoms with E-state index >= 15 is 0 Å². The Morgan fingerprint density at radius 3 is 2.29 bits per heavy atom. The number of nitro benzene ring substituents is 1. The van der Waals surface area contributed by atoms with Crippen molar-refractivity contribution >= 4 is 33.2 Å². The van der Waals surface area contributed by atoms with Crippen molar-refractivity contribution in [3.63, 3.8) is 0 Å². The number of hydrogen-bond acceptors (Lipinski definition) is 7. The van der Waals surface area contributed by atoms with Gasteiger partial charge in [-0.2, -0.15) is 4.31 Å². The third kappa shape index (κ3) is 4.98. The number of carbonyl (C=O) groups is 2. The quantitative estimate of drug-likeness (QED) is 0.437. The maximum absolute atomic E-state index is 13.0. The Morgan fingerprint density at radius 2 is 1.69 bits per heavy atom. The number of carbonyl (C=O) groups excluding carboxylic acids is 2. The highest BCUT2D eigenvalue weighted by Gasteiger charge is 2.32. The highest BCUT2D eigenvalue weighted by atomic mass is 32.2. The number of piperidine rings is 1. The Labute approximate surface area is 203 Å². The zero-order valence-corrected chi connectivity index (χ0v) is 20.1. The first-order valence-corrected chi connectivity index (χ1v) is 12.7. The monoisotopic (exact) mass is 502 g/mol. The van der Waals surface area contributed by atoms with Gasteiger partial charge in [0.15, 0.2) is 5.75 Å². The van der Waals surface area contributed by atoms with Crippen LogP contribution in [0.25, 0.3) is 0 Å². The minimum absolute atomic E-state index is 0.0277. The smallest absolute Gasteiger partial charge is 0.312 e. The Kier molecular flexibility index (Phi) is 7.03. The number of benzene rings is 2. The molecule has 2 saturated heterocycles. The Balaban J connectivity index is 1.42. The van der Waals surface area contributed by atoms with Gasteiger partial charge in [-0.05, 0) is 49.2 Å². The van der Waals surface area contributed by atoms with E-state index in [1.165, 1.54) is 23.5 Å². The second kappa shape index (κ2) is 10.0. The van der Waals surface area contributed by atoms with Gasteiger partial charge in [0.1, 0.15) is 0 Å². The number of piperazine rings is 1. The predicted molar refractivity (Wildman–Crippen MR) is 127 cm³/mol. The fraction of sp³-hybridized carbons (Fsp3) is 0.391. The molecule has 0 unspecified atom stereocenters. The zero-order valence-electron chi connectivity index (χ0n) is 19.3. The topological polar surface area (TPSA) is 130 Å². The predicted octanol–water partition coefficient (Wildman–Crippen LogP) is 2.27. The van der Waals surface area contributed by atoms with Crippen LogP contribution in [0.2, 0.25) is 0 Å². The van der Waals surface area contributed by atoms with E-state index in [0.29, 0.717) is 18.5 Å². The number of rotatable bonds is 6. The van der Waals surface area contributed by atoms with Gasteiger partial charge in [0.05, 0.1) is 16.9 Å². The van der Waals surface area contributed by atoms with Crippen LogP contribution in [0, 0.1) is 10.1 Å². The summed E-state index contributed by atoms with van der Waals surface area (Å²) in [6, 6.07) is 10.4. The van der Waals surface area contributed by atoms with Gasteiger partial charge in [-0.15, -0.1) is 0 Å². The molecular weight excluding hydrogens is 476 g/mol. The number of sulfonamides is 1. The van der Waals surface area contributed by atoms with Crippen molar-refractivity contribution in [1.82, 2.24) is 9.21 Å². The van der Waals surface area contributed by atoms with Gasteiger partial charge < -0.3 is 14.5 Å². The van der Waals surface area contributed by atoms with Crippen LogP contribution in [0.1, 0.15) is 29.6 Å². The van der Waals surface area contributed by atoms with E-state index in [-0.39, 0.29) is 48.6 Å². The molecule has 0 N–H and O–H groups in total. The average molecular weight is 503 g/mol. The van der Waals surface area contributed by atoms with Crippen LogP contribution in [-0.2, 0) is 14.8 Å². The van der Waals surface area contributed by atoms with E-state index in [1.807, 2.05) is 0 Å². The molecule has 12 heteroatoms. The van der Waals surface area contributed by atoms with Crippen LogP contribution in [-0.4, -0.2) is 74.2 Å². The third-order valence-electron chi connectivity index (χ3n) is 6.26. The lowest BCUT2D eigenvalue weighted by Gasteiger charge is -2.34. The van der Waals surface area contributed by atoms with Crippen molar-refractivity contribution in [2.24, 2.45) is 0 Å². The highest BCUT2D eigenvalue weighted by molar-refractivity contribution is 7.89. The van der Waals surface area contributed by atoms with Gasteiger partial charge in [0.25, 0.3) is 5.91 Å². The molecule has 0 aliphatic carbocycles. The molecule has 2 fully saturated rings. The SMILES string of the molecule is COc1ccc(S(=O)(=O)N2CCN(C(=O)c3ccc(N4CCCCC4=O)cc3)CC2)cc1[N+](=O)[O-]. The number of nitrogens with zero attached hydrogens (tertiary/aromatic N) is 4. The minimum Gasteiger partial charge on any atom is -0.490 e. The third-order valence-corrected chi connectivity index (χ3v) is 8.15. The number of nitro groups is 1. The van der Waals surface area contributed by atoms with E-state index in [0.717, 1.165) is 24.6 Å². The molecule has 0 spiro atoms. The maximum Gasteiger partial charge on any atom is 0.312 e. The molecule has 11 nitrogen and oxygen atoms in total. The fourth-order valence-corrected chi connectivity index (χ4v) is 5.74. The summed E-state index contributed by atoms with van der Waals surface area (Å²) >= 11 is 0. The largest absolute Gasteiger partial charge is 0.490 e. The lowest BCUT2D eigenvalue weighted by molar-refractivity contribution is -0.386. The lowest BCUT2D eigenvalue weighted by Crippen LogP contribution is -2.50. The molecule has 186 valence electrons. The summed E-state index contributed by atoms with van der Waals surface area (Å²) in [5.74, 6) is -0.173. The summed E-state index contributed by atoms with van der Waals surface area (Å²) in [5.41, 5.74) is 0.785. The minimum atomic E-state index is -3.98. The molecular formula is C23H26N4O7S. The molecule has 0 radical (unpaired) electrons. The van der Waals surface area contributed by atoms with Crippen molar-refractivity contribution in [2.45, 2.75) is 24.2 Å². The summed E-state index contributed by atoms with van der Waals surface area (Å²) < 4.78 is 32.3. The van der Waals surface area contributed by atoms with E-state index in [4.69, 9.17) is 4.74 Å². The molecule has 0 bridgehead atoms. The number of hydrogen-bond donors (Lipinski definition) is 0. The average Bonchev–Trinajstić information content (AvgIpc) is 2.88. The summed E-state index contributed by atoms with van der Waals surface area (Å²) in [7, 11) is -2.71. The molecule has 2 aromatic rings. The molecule has 35 heavy (non-hydrogen) atoms. The lowest BCUT2D eigenvalue weighted by atomic mass is 10.1. The molecule has 0 aromatic heterocycles. The molecule has 0 atom stereocenters. The van der Waals surface area contributed by atoms with Gasteiger partial charge in [0.2, 0.25) is 15.9 Å². The Bertz CT molecular complexity index is 1240. The van der Waals surface area contributed by atoms with Crippen LogP contribution in [0.5, 0.6) is 5.75 Å². The number of amides is 2. The van der Waals surface area contributed by atoms with Crippen LogP contribution >= 0.6 is 0 Å². The van der Waals surface area contributed by atoms with Gasteiger partial charge in [0, 0.05) is 56.5 Å². The molecule has 4 rings (SSSR count). The highest BCUT2D eigenvalue weighted by Crippen LogP contribution is 2.31. The molecule has 2 heterocycles. The van der Waals surface area contributed by atoms with Gasteiger partial charge >= 0.3 is 5.69 Å². The van der Waals surface area contributed by atoms with Crippen LogP contribution in [0.4, 0.5) is 11.4 Å². The number of ether oxygens (including phenoxy) is 1. The Hall–Kier alpha value is -3.51. The fourth-order valence-electron chi connectivity index (χ4n) is 4.30. The van der Waals surface area contributed by atoms with Crippen molar-refractivity contribution in [2.75, 3.05) is 44.7 Å². The van der Waals surface area contributed by atoms with Crippen molar-refractivity contribution in [3.8, 4) is 5.75 Å². The maximum atomic E-state index is 13.0. The summed E-state index contributed by atoms with van der Waals surface area (Å²) in [6.07, 6.45) is 2.37. The first-order chi connectivity index (χ1) is 16.7. The summed E-state index contributed by atoms with van der Waals surface area (Å²) in [6.45, 7) is 1.16. The van der Waals surface area contributed by atoms with E-state index in [9.17, 15) is 28.1 Å². The van der Waals surface area contributed by atoms with Gasteiger partial charge in [-0.1, -0.05) is 0 Å². The van der Waals surface area contributed by atoms with Gasteiger partial charge in [-0.3, -0.25) is 19.7 Å². The molecule has 2 aromatic carbocycles. The first kappa shape index (κ1) is 24.6. The van der Waals surface area contributed by atoms with E-state index < -0.39 is 20.6 Å². The van der Waals surface area contributed by atoms with Crippen molar-refractivity contribution < 1.29 is 27.7 Å². The van der Waals surface area contributed by atoms with E-state index in [2.05, 4.69) is 0 Å². The van der Waals surface area contributed by atoms with Crippen LogP contribution < -0.4 is 9.64 Å². The van der Waals surface area contributed by atoms with E-state index in [1.54, 1.807) is 34.1 Å². The molecule has 0 saturated carbocycles. The summed E-state index contributed by atoms with van der Waals surface area (Å²) in [4.78, 5) is 38.7. The first-order valence-electron chi connectivity index (χ1n) is 11.2. The second-order valence-corrected chi connectivity index (χ2v) is 10.3. The summed E-state index contributed by atoms with van der Waals surface area (Å²) in [5, 5.41) is 11.3. The zero-order chi connectivity index (χ0) is 25.2. The standard InChI is InChI=1S/C23H26N4O7S/c1-34-21-10-9-19(16-20(21)27(30)31)35(32,33)25-14-12-24(13-15-25)23(29)17-5-7-18(8-6-17)26-11-3-2-4-22(26)28/h5-10,16H,2-4,11-15H2,1H3. The number of methoxy groups -OCH3 is 1. The Morgan fingerprint density at radius 1 is 1.00 bits per heavy atom. The molecule has 2 aliphatic heterocycles. The van der Waals surface area contributed by atoms with Crippen LogP contribution in [0.3, 0.4) is 0 Å². The second-order valence-electron chi connectivity index (χ2n) is 8.34. The normalized spacial score (nSPS) is 17.3. The van der Waals surface area contributed by atoms with Gasteiger partial charge in [-0.25, -0.2) is 8.42 Å². The van der Waals surface area contributed by atoms with Crippen molar-refractivity contribution in [1.29, 1.82) is 0 Å². The van der Waals surface area contributed by atoms with Crippen LogP contribution in [0.15, 0.2) is 47.4 Å². The molecule has 2 amide bonds.